The third-order valence-corrected chi connectivity index (χ3v) is 1.23. The van der Waals surface area contributed by atoms with Gasteiger partial charge in [0.2, 0.25) is 0 Å². The Bertz CT molecular complexity index is 184. The maximum atomic E-state index is 12.0. The molecular formula is C6H3BrFIZn-. The molecule has 0 atom stereocenters. The largest absolute Gasteiger partial charge is 1.00 e. The van der Waals surface area contributed by atoms with E-state index >= 15 is 0 Å². The fourth-order valence-corrected chi connectivity index (χ4v) is 0.634. The third kappa shape index (κ3) is 4.78. The topological polar surface area (TPSA) is 0 Å². The first-order valence-corrected chi connectivity index (χ1v) is 2.91. The van der Waals surface area contributed by atoms with Crippen LogP contribution in [-0.4, -0.2) is 0 Å². The van der Waals surface area contributed by atoms with Crippen LogP contribution in [0.1, 0.15) is 0 Å². The SMILES string of the molecule is FC1=C=C[C](Br)C=C1.[I-].[Zn]. The predicted octanol–water partition coefficient (Wildman–Crippen LogP) is -0.507. The Morgan fingerprint density at radius 2 is 2.00 bits per heavy atom. The molecule has 0 aromatic rings. The van der Waals surface area contributed by atoms with Gasteiger partial charge in [-0.1, -0.05) is 27.7 Å². The van der Waals surface area contributed by atoms with Gasteiger partial charge in [0.25, 0.3) is 0 Å². The molecule has 0 saturated heterocycles. The summed E-state index contributed by atoms with van der Waals surface area (Å²) in [5.74, 6) is -0.326. The van der Waals surface area contributed by atoms with E-state index in [2.05, 4.69) is 21.7 Å². The molecule has 10 heavy (non-hydrogen) atoms. The standard InChI is InChI=1S/C6H3BrF.HI.Zn/c7-5-1-3-6(8)4-2-5;;/h1-3H;1H;/p-1. The zero-order chi connectivity index (χ0) is 5.98. The van der Waals surface area contributed by atoms with E-state index in [9.17, 15) is 4.39 Å². The number of rotatable bonds is 0. The molecule has 0 unspecified atom stereocenters. The van der Waals surface area contributed by atoms with Gasteiger partial charge in [0.05, 0.1) is 4.83 Å². The van der Waals surface area contributed by atoms with E-state index in [0.717, 1.165) is 4.83 Å². The van der Waals surface area contributed by atoms with Gasteiger partial charge in [-0.3, -0.25) is 0 Å². The quantitative estimate of drug-likeness (QED) is 0.308. The van der Waals surface area contributed by atoms with Gasteiger partial charge in [0.15, 0.2) is 5.83 Å². The van der Waals surface area contributed by atoms with Crippen molar-refractivity contribution >= 4 is 15.9 Å². The van der Waals surface area contributed by atoms with Crippen molar-refractivity contribution in [2.45, 2.75) is 0 Å². The number of hydrogen-bond acceptors (Lipinski definition) is 0. The molecule has 1 radical (unpaired) electrons. The number of halogens is 3. The summed E-state index contributed by atoms with van der Waals surface area (Å²) in [4.78, 5) is 0.846. The maximum Gasteiger partial charge on any atom is 0.164 e. The monoisotopic (exact) mass is 364 g/mol. The fraction of sp³-hybridized carbons (Fsp3) is 0. The minimum absolute atomic E-state index is 0. The van der Waals surface area contributed by atoms with Crippen LogP contribution < -0.4 is 24.0 Å². The molecule has 1 rings (SSSR count). The first-order chi connectivity index (χ1) is 3.79. The summed E-state index contributed by atoms with van der Waals surface area (Å²) >= 11 is 3.15. The van der Waals surface area contributed by atoms with E-state index in [4.69, 9.17) is 0 Å². The molecule has 0 nitrogen and oxygen atoms in total. The van der Waals surface area contributed by atoms with Crippen LogP contribution in [0.4, 0.5) is 4.39 Å². The van der Waals surface area contributed by atoms with Crippen molar-refractivity contribution in [2.24, 2.45) is 0 Å². The van der Waals surface area contributed by atoms with Crippen LogP contribution in [0.25, 0.3) is 0 Å². The van der Waals surface area contributed by atoms with Crippen LogP contribution in [0, 0.1) is 4.83 Å². The Balaban J connectivity index is 0. The van der Waals surface area contributed by atoms with Gasteiger partial charge in [-0.15, -0.1) is 0 Å². The summed E-state index contributed by atoms with van der Waals surface area (Å²) < 4.78 is 12.0. The molecule has 0 amide bonds. The molecule has 4 heteroatoms. The first kappa shape index (κ1) is 13.6. The molecule has 0 saturated carbocycles. The molecule has 1 aliphatic rings. The van der Waals surface area contributed by atoms with Crippen LogP contribution in [0.2, 0.25) is 0 Å². The summed E-state index contributed by atoms with van der Waals surface area (Å²) in [7, 11) is 0. The minimum atomic E-state index is -0.326. The molecule has 51 valence electrons. The molecule has 0 aromatic carbocycles. The van der Waals surface area contributed by atoms with Crippen molar-refractivity contribution in [3.63, 3.8) is 0 Å². The molecule has 0 spiro atoms. The smallest absolute Gasteiger partial charge is 0.164 e. The Kier molecular flexibility index (Phi) is 9.14. The van der Waals surface area contributed by atoms with Crippen molar-refractivity contribution in [3.05, 3.63) is 34.6 Å². The van der Waals surface area contributed by atoms with Crippen molar-refractivity contribution in [1.29, 1.82) is 0 Å². The summed E-state index contributed by atoms with van der Waals surface area (Å²) in [5, 5.41) is 0. The number of allylic oxidation sites excluding steroid dienone is 3. The normalized spacial score (nSPS) is 15.2. The van der Waals surface area contributed by atoms with Gasteiger partial charge in [-0.05, 0) is 12.2 Å². The summed E-state index contributed by atoms with van der Waals surface area (Å²) in [6, 6.07) is 0. The van der Waals surface area contributed by atoms with Gasteiger partial charge in [0, 0.05) is 19.5 Å². The van der Waals surface area contributed by atoms with Crippen LogP contribution in [0.15, 0.2) is 29.8 Å². The van der Waals surface area contributed by atoms with Crippen molar-refractivity contribution in [3.8, 4) is 0 Å². The van der Waals surface area contributed by atoms with Gasteiger partial charge >= 0.3 is 0 Å². The molecule has 0 bridgehead atoms. The second-order valence-electron chi connectivity index (χ2n) is 1.35. The second-order valence-corrected chi connectivity index (χ2v) is 2.27. The van der Waals surface area contributed by atoms with Crippen molar-refractivity contribution in [2.75, 3.05) is 0 Å². The van der Waals surface area contributed by atoms with E-state index in [0.29, 0.717) is 0 Å². The molecule has 0 N–H and O–H groups in total. The van der Waals surface area contributed by atoms with E-state index in [1.807, 2.05) is 0 Å². The second kappa shape index (κ2) is 6.72. The molecule has 0 fully saturated rings. The van der Waals surface area contributed by atoms with Gasteiger partial charge < -0.3 is 24.0 Å². The third-order valence-electron chi connectivity index (χ3n) is 0.737. The Morgan fingerprint density at radius 3 is 2.30 bits per heavy atom. The van der Waals surface area contributed by atoms with E-state index < -0.39 is 0 Å². The summed E-state index contributed by atoms with van der Waals surface area (Å²) in [6.45, 7) is 0. The van der Waals surface area contributed by atoms with Gasteiger partial charge in [0.1, 0.15) is 0 Å². The number of hydrogen-bond donors (Lipinski definition) is 0. The van der Waals surface area contributed by atoms with Crippen molar-refractivity contribution < 1.29 is 47.8 Å². The predicted molar refractivity (Wildman–Crippen MR) is 34.0 cm³/mol. The Hall–Kier alpha value is 1.02. The summed E-state index contributed by atoms with van der Waals surface area (Å²) in [5.41, 5.74) is 2.39. The Labute approximate surface area is 97.5 Å². The van der Waals surface area contributed by atoms with E-state index in [1.165, 1.54) is 12.2 Å². The molecule has 1 aliphatic carbocycles. The van der Waals surface area contributed by atoms with E-state index in [-0.39, 0.29) is 49.3 Å². The zero-order valence-corrected chi connectivity index (χ0v) is 11.8. The Morgan fingerprint density at radius 1 is 1.40 bits per heavy atom. The molecule has 0 aliphatic heterocycles. The molecular weight excluding hydrogens is 363 g/mol. The van der Waals surface area contributed by atoms with Crippen LogP contribution in [0.5, 0.6) is 0 Å². The minimum Gasteiger partial charge on any atom is -1.00 e. The van der Waals surface area contributed by atoms with E-state index in [1.54, 1.807) is 6.08 Å². The first-order valence-electron chi connectivity index (χ1n) is 2.12. The van der Waals surface area contributed by atoms with Gasteiger partial charge in [-0.25, -0.2) is 0 Å². The van der Waals surface area contributed by atoms with Crippen molar-refractivity contribution in [1.82, 2.24) is 0 Å². The fourth-order valence-electron chi connectivity index (χ4n) is 0.387. The average Bonchev–Trinajstić information content (AvgIpc) is 1.77. The van der Waals surface area contributed by atoms with Crippen LogP contribution >= 0.6 is 15.9 Å². The zero-order valence-electron chi connectivity index (χ0n) is 5.07. The molecule has 0 aromatic heterocycles. The summed E-state index contributed by atoms with van der Waals surface area (Å²) in [6.07, 6.45) is 4.52. The van der Waals surface area contributed by atoms with Crippen LogP contribution in [0.3, 0.4) is 0 Å². The van der Waals surface area contributed by atoms with Crippen LogP contribution in [-0.2, 0) is 19.5 Å². The maximum absolute atomic E-state index is 12.0. The average molecular weight is 366 g/mol. The molecule has 0 heterocycles. The van der Waals surface area contributed by atoms with Gasteiger partial charge in [-0.2, -0.15) is 4.39 Å².